The number of hydrogen-bond acceptors (Lipinski definition) is 4. The van der Waals surface area contributed by atoms with Gasteiger partial charge in [-0.1, -0.05) is 48.0 Å². The summed E-state index contributed by atoms with van der Waals surface area (Å²) in [4.78, 5) is 27.2. The van der Waals surface area contributed by atoms with Crippen LogP contribution in [0.25, 0.3) is 0 Å². The number of para-hydroxylation sites is 1. The van der Waals surface area contributed by atoms with E-state index >= 15 is 0 Å². The van der Waals surface area contributed by atoms with Gasteiger partial charge in [-0.3, -0.25) is 14.5 Å². The Balaban J connectivity index is 1.92. The van der Waals surface area contributed by atoms with E-state index in [4.69, 9.17) is 16.0 Å². The van der Waals surface area contributed by atoms with Gasteiger partial charge in [0.15, 0.2) is 11.5 Å². The van der Waals surface area contributed by atoms with Crippen molar-refractivity contribution in [3.63, 3.8) is 0 Å². The number of rotatable bonds is 4. The van der Waals surface area contributed by atoms with Crippen LogP contribution in [0.4, 0.5) is 5.69 Å². The zero-order chi connectivity index (χ0) is 19.0. The SMILES string of the molecule is O=C(C1=C(O)C(=O)N(c2ccccc2)[C@H]1c1ccccc1Cl)c1ccco1. The maximum Gasteiger partial charge on any atom is 0.294 e. The van der Waals surface area contributed by atoms with Gasteiger partial charge in [0.05, 0.1) is 17.9 Å². The van der Waals surface area contributed by atoms with Crippen LogP contribution in [0.3, 0.4) is 0 Å². The maximum atomic E-state index is 13.0. The Kier molecular flexibility index (Phi) is 4.30. The van der Waals surface area contributed by atoms with E-state index in [1.807, 2.05) is 6.07 Å². The van der Waals surface area contributed by atoms with Gasteiger partial charge in [-0.25, -0.2) is 0 Å². The number of carbonyl (C=O) groups is 2. The lowest BCUT2D eigenvalue weighted by molar-refractivity contribution is -0.117. The van der Waals surface area contributed by atoms with Gasteiger partial charge < -0.3 is 9.52 Å². The number of nitrogens with zero attached hydrogens (tertiary/aromatic N) is 1. The van der Waals surface area contributed by atoms with Gasteiger partial charge in [-0.2, -0.15) is 0 Å². The first kappa shape index (κ1) is 17.1. The molecule has 1 N–H and O–H groups in total. The lowest BCUT2D eigenvalue weighted by atomic mass is 9.94. The Morgan fingerprint density at radius 1 is 1.00 bits per heavy atom. The summed E-state index contributed by atoms with van der Waals surface area (Å²) in [5, 5.41) is 10.9. The summed E-state index contributed by atoms with van der Waals surface area (Å²) in [6, 6.07) is 17.9. The van der Waals surface area contributed by atoms with Gasteiger partial charge in [0.1, 0.15) is 0 Å². The molecule has 0 unspecified atom stereocenters. The van der Waals surface area contributed by atoms with E-state index in [9.17, 15) is 14.7 Å². The van der Waals surface area contributed by atoms with E-state index in [1.54, 1.807) is 54.6 Å². The molecule has 5 nitrogen and oxygen atoms in total. The lowest BCUT2D eigenvalue weighted by Gasteiger charge is -2.27. The molecule has 0 fully saturated rings. The van der Waals surface area contributed by atoms with Crippen LogP contribution in [0.1, 0.15) is 22.2 Å². The number of aliphatic hydroxyl groups is 1. The van der Waals surface area contributed by atoms with Crippen molar-refractivity contribution in [2.24, 2.45) is 0 Å². The van der Waals surface area contributed by atoms with Crippen LogP contribution in [0.2, 0.25) is 5.02 Å². The Hall–Kier alpha value is -3.31. The van der Waals surface area contributed by atoms with E-state index in [0.29, 0.717) is 16.3 Å². The van der Waals surface area contributed by atoms with Crippen molar-refractivity contribution in [1.82, 2.24) is 0 Å². The third kappa shape index (κ3) is 2.82. The van der Waals surface area contributed by atoms with Gasteiger partial charge in [-0.15, -0.1) is 0 Å². The molecular weight excluding hydrogens is 366 g/mol. The summed E-state index contributed by atoms with van der Waals surface area (Å²) >= 11 is 6.37. The smallest absolute Gasteiger partial charge is 0.294 e. The highest BCUT2D eigenvalue weighted by atomic mass is 35.5. The number of benzene rings is 2. The van der Waals surface area contributed by atoms with Gasteiger partial charge >= 0.3 is 0 Å². The first-order chi connectivity index (χ1) is 13.1. The molecule has 1 aliphatic rings. The topological polar surface area (TPSA) is 70.8 Å². The first-order valence-corrected chi connectivity index (χ1v) is 8.61. The van der Waals surface area contributed by atoms with Crippen LogP contribution in [0.15, 0.2) is 88.7 Å². The highest BCUT2D eigenvalue weighted by molar-refractivity contribution is 6.32. The molecule has 1 aliphatic heterocycles. The maximum absolute atomic E-state index is 13.0. The molecule has 27 heavy (non-hydrogen) atoms. The van der Waals surface area contributed by atoms with Crippen LogP contribution < -0.4 is 4.90 Å². The first-order valence-electron chi connectivity index (χ1n) is 8.24. The fourth-order valence-corrected chi connectivity index (χ4v) is 3.46. The number of amides is 1. The second-order valence-electron chi connectivity index (χ2n) is 6.00. The minimum Gasteiger partial charge on any atom is -0.503 e. The van der Waals surface area contributed by atoms with Crippen molar-refractivity contribution in [2.75, 3.05) is 4.90 Å². The molecule has 1 atom stereocenters. The number of furan rings is 1. The number of aliphatic hydroxyl groups excluding tert-OH is 1. The normalized spacial score (nSPS) is 16.9. The van der Waals surface area contributed by atoms with Crippen molar-refractivity contribution in [2.45, 2.75) is 6.04 Å². The number of anilines is 1. The molecule has 0 aliphatic carbocycles. The number of hydrogen-bond donors (Lipinski definition) is 1. The quantitative estimate of drug-likeness (QED) is 0.666. The molecule has 0 radical (unpaired) electrons. The van der Waals surface area contributed by atoms with E-state index in [2.05, 4.69) is 0 Å². The summed E-state index contributed by atoms with van der Waals surface area (Å²) in [6.45, 7) is 0. The van der Waals surface area contributed by atoms with E-state index in [1.165, 1.54) is 17.2 Å². The Morgan fingerprint density at radius 3 is 2.37 bits per heavy atom. The fraction of sp³-hybridized carbons (Fsp3) is 0.0476. The Morgan fingerprint density at radius 2 is 1.70 bits per heavy atom. The number of halogens is 1. The fourth-order valence-electron chi connectivity index (χ4n) is 3.22. The monoisotopic (exact) mass is 379 g/mol. The zero-order valence-electron chi connectivity index (χ0n) is 14.0. The molecule has 0 saturated carbocycles. The third-order valence-corrected chi connectivity index (χ3v) is 4.78. The Bertz CT molecular complexity index is 1040. The van der Waals surface area contributed by atoms with Crippen LogP contribution >= 0.6 is 11.6 Å². The molecule has 1 aromatic heterocycles. The molecule has 4 rings (SSSR count). The average molecular weight is 380 g/mol. The van der Waals surface area contributed by atoms with Crippen LogP contribution in [-0.4, -0.2) is 16.8 Å². The van der Waals surface area contributed by atoms with Crippen molar-refractivity contribution in [3.05, 3.63) is 101 Å². The second-order valence-corrected chi connectivity index (χ2v) is 6.41. The molecule has 3 aromatic rings. The highest BCUT2D eigenvalue weighted by Gasteiger charge is 2.45. The van der Waals surface area contributed by atoms with Crippen molar-refractivity contribution < 1.29 is 19.1 Å². The molecule has 0 saturated heterocycles. The van der Waals surface area contributed by atoms with E-state index in [0.717, 1.165) is 0 Å². The largest absolute Gasteiger partial charge is 0.503 e. The van der Waals surface area contributed by atoms with Gasteiger partial charge in [-0.05, 0) is 35.9 Å². The van der Waals surface area contributed by atoms with Crippen LogP contribution in [0.5, 0.6) is 0 Å². The summed E-state index contributed by atoms with van der Waals surface area (Å²) in [5.74, 6) is -1.79. The summed E-state index contributed by atoms with van der Waals surface area (Å²) in [6.07, 6.45) is 1.36. The van der Waals surface area contributed by atoms with Gasteiger partial charge in [0, 0.05) is 10.7 Å². The molecule has 2 heterocycles. The Labute approximate surface area is 160 Å². The third-order valence-electron chi connectivity index (χ3n) is 4.43. The van der Waals surface area contributed by atoms with E-state index < -0.39 is 23.5 Å². The molecule has 6 heteroatoms. The number of Topliss-reactive ketones (excluding diaryl/α,β-unsaturated/α-hetero) is 1. The predicted molar refractivity (Wildman–Crippen MR) is 101 cm³/mol. The molecule has 134 valence electrons. The average Bonchev–Trinajstić information content (AvgIpc) is 3.30. The molecule has 2 aromatic carbocycles. The van der Waals surface area contributed by atoms with Crippen molar-refractivity contribution in [1.29, 1.82) is 0 Å². The molecule has 1 amide bonds. The molecule has 0 bridgehead atoms. The van der Waals surface area contributed by atoms with Crippen molar-refractivity contribution >= 4 is 29.0 Å². The van der Waals surface area contributed by atoms with Crippen molar-refractivity contribution in [3.8, 4) is 0 Å². The molecular formula is C21H14ClNO4. The van der Waals surface area contributed by atoms with Crippen LogP contribution in [-0.2, 0) is 4.79 Å². The summed E-state index contributed by atoms with van der Waals surface area (Å²) in [7, 11) is 0. The number of ketones is 1. The van der Waals surface area contributed by atoms with Gasteiger partial charge in [0.2, 0.25) is 5.78 Å². The van der Waals surface area contributed by atoms with Crippen LogP contribution in [0, 0.1) is 0 Å². The van der Waals surface area contributed by atoms with E-state index in [-0.39, 0.29) is 11.3 Å². The lowest BCUT2D eigenvalue weighted by Crippen LogP contribution is -2.31. The second kappa shape index (κ2) is 6.78. The molecule has 0 spiro atoms. The summed E-state index contributed by atoms with van der Waals surface area (Å²) < 4.78 is 5.19. The highest BCUT2D eigenvalue weighted by Crippen LogP contribution is 2.43. The minimum atomic E-state index is -0.869. The summed E-state index contributed by atoms with van der Waals surface area (Å²) in [5.41, 5.74) is 1.02. The standard InChI is InChI=1S/C21H14ClNO4/c22-15-10-5-4-9-14(15)18-17(19(24)16-11-6-12-27-16)20(25)21(26)23(18)13-7-2-1-3-8-13/h1-12,18,25H/t18-/m0/s1. The number of carbonyl (C=O) groups excluding carboxylic acids is 2. The van der Waals surface area contributed by atoms with Gasteiger partial charge in [0.25, 0.3) is 5.91 Å². The minimum absolute atomic E-state index is 0.0383. The zero-order valence-corrected chi connectivity index (χ0v) is 14.8. The predicted octanol–water partition coefficient (Wildman–Crippen LogP) is 4.72.